The van der Waals surface area contributed by atoms with E-state index >= 15 is 0 Å². The minimum atomic E-state index is -1.72. The fourth-order valence-corrected chi connectivity index (χ4v) is 21.7. The molecule has 0 unspecified atom stereocenters. The molecule has 62 heavy (non-hydrogen) atoms. The van der Waals surface area contributed by atoms with Crippen LogP contribution in [0.1, 0.15) is 221 Å². The number of hydrogen-bond acceptors (Lipinski definition) is 4. The van der Waals surface area contributed by atoms with Crippen molar-refractivity contribution in [3.8, 4) is 11.5 Å². The Hall–Kier alpha value is -0.632. The average molecular weight is 969 g/mol. The van der Waals surface area contributed by atoms with Gasteiger partial charge in [0.15, 0.2) is 16.6 Å². The SMILES string of the molecule is Cc1ccc([CH-]c2ccc(C)cc2OCCCCCCCCCCCO[Si](C(C)C)(C(C)C)C(C)C)c(OCCCCCCCCCCCO[Si](C(C)C)(C(C)C)C(C)C)c1.[Y]. The van der Waals surface area contributed by atoms with Crippen LogP contribution in [0.5, 0.6) is 11.5 Å². The summed E-state index contributed by atoms with van der Waals surface area (Å²) in [5.41, 5.74) is 8.74. The molecule has 7 heteroatoms. The molecule has 355 valence electrons. The van der Waals surface area contributed by atoms with Gasteiger partial charge in [-0.25, -0.2) is 0 Å². The van der Waals surface area contributed by atoms with Crippen molar-refractivity contribution in [1.29, 1.82) is 0 Å². The summed E-state index contributed by atoms with van der Waals surface area (Å²) >= 11 is 0. The fraction of sp³-hybridized carbons (Fsp3) is 0.764. The van der Waals surface area contributed by atoms with Gasteiger partial charge in [-0.05, 0) is 72.8 Å². The summed E-state index contributed by atoms with van der Waals surface area (Å²) < 4.78 is 26.4. The van der Waals surface area contributed by atoms with Gasteiger partial charge in [-0.15, -0.1) is 18.6 Å². The number of hydrogen-bond donors (Lipinski definition) is 0. The smallest absolute Gasteiger partial charge is 0.200 e. The molecule has 0 bridgehead atoms. The molecule has 0 fully saturated rings. The molecule has 1 radical (unpaired) electrons. The van der Waals surface area contributed by atoms with Gasteiger partial charge in [0.1, 0.15) is 0 Å². The molecule has 0 aromatic heterocycles. The van der Waals surface area contributed by atoms with Crippen LogP contribution in [-0.4, -0.2) is 43.1 Å². The van der Waals surface area contributed by atoms with E-state index < -0.39 is 16.6 Å². The largest absolute Gasteiger partial charge is 0.528 e. The summed E-state index contributed by atoms with van der Waals surface area (Å²) in [6.07, 6.45) is 25.2. The summed E-state index contributed by atoms with van der Waals surface area (Å²) in [5, 5.41) is 0. The maximum Gasteiger partial charge on any atom is 0.200 e. The molecule has 0 saturated carbocycles. The normalized spacial score (nSPS) is 12.4. The second kappa shape index (κ2) is 32.9. The number of unbranched alkanes of at least 4 members (excludes halogenated alkanes) is 16. The Morgan fingerprint density at radius 2 is 0.613 bits per heavy atom. The summed E-state index contributed by atoms with van der Waals surface area (Å²) in [6.45, 7) is 36.4. The Kier molecular flexibility index (Phi) is 31.6. The van der Waals surface area contributed by atoms with Crippen LogP contribution in [0.25, 0.3) is 0 Å². The van der Waals surface area contributed by atoms with Crippen LogP contribution < -0.4 is 9.47 Å². The topological polar surface area (TPSA) is 36.9 Å². The van der Waals surface area contributed by atoms with E-state index in [0.717, 1.165) is 61.9 Å². The van der Waals surface area contributed by atoms with E-state index in [4.69, 9.17) is 18.3 Å². The minimum absolute atomic E-state index is 0. The van der Waals surface area contributed by atoms with E-state index in [9.17, 15) is 0 Å². The second-order valence-electron chi connectivity index (χ2n) is 20.6. The van der Waals surface area contributed by atoms with Crippen LogP contribution in [0, 0.1) is 20.3 Å². The molecule has 0 heterocycles. The molecular formula is C55H99O4Si2Y-. The van der Waals surface area contributed by atoms with Crippen molar-refractivity contribution >= 4 is 16.6 Å². The van der Waals surface area contributed by atoms with Crippen LogP contribution in [0.2, 0.25) is 33.2 Å². The zero-order valence-electron chi connectivity index (χ0n) is 43.3. The quantitative estimate of drug-likeness (QED) is 0.0387. The van der Waals surface area contributed by atoms with Crippen LogP contribution in [0.15, 0.2) is 36.4 Å². The Labute approximate surface area is 413 Å². The Morgan fingerprint density at radius 3 is 0.871 bits per heavy atom. The van der Waals surface area contributed by atoms with Crippen molar-refractivity contribution in [2.24, 2.45) is 0 Å². The van der Waals surface area contributed by atoms with Crippen molar-refractivity contribution in [3.63, 3.8) is 0 Å². The average Bonchev–Trinajstić information content (AvgIpc) is 3.19. The summed E-state index contributed by atoms with van der Waals surface area (Å²) in [4.78, 5) is 0. The van der Waals surface area contributed by atoms with Gasteiger partial charge >= 0.3 is 0 Å². The molecule has 2 aromatic carbocycles. The third-order valence-electron chi connectivity index (χ3n) is 13.9. The van der Waals surface area contributed by atoms with Crippen molar-refractivity contribution in [2.75, 3.05) is 26.4 Å². The predicted octanol–water partition coefficient (Wildman–Crippen LogP) is 18.1. The zero-order chi connectivity index (χ0) is 45.3. The van der Waals surface area contributed by atoms with Crippen LogP contribution in [0.3, 0.4) is 0 Å². The van der Waals surface area contributed by atoms with E-state index in [1.807, 2.05) is 0 Å². The predicted molar refractivity (Wildman–Crippen MR) is 273 cm³/mol. The number of aryl methyl sites for hydroxylation is 2. The van der Waals surface area contributed by atoms with Gasteiger partial charge in [0.05, 0.1) is 24.7 Å². The molecule has 4 nitrogen and oxygen atoms in total. The van der Waals surface area contributed by atoms with Crippen LogP contribution in [-0.2, 0) is 41.6 Å². The van der Waals surface area contributed by atoms with E-state index in [2.05, 4.69) is 140 Å². The molecule has 2 aromatic rings. The summed E-state index contributed by atoms with van der Waals surface area (Å²) in [6, 6.07) is 13.1. The van der Waals surface area contributed by atoms with Gasteiger partial charge < -0.3 is 18.3 Å². The molecule has 0 amide bonds. The summed E-state index contributed by atoms with van der Waals surface area (Å²) in [7, 11) is -3.43. The molecule has 0 atom stereocenters. The third-order valence-corrected chi connectivity index (χ3v) is 26.1. The van der Waals surface area contributed by atoms with Crippen LogP contribution in [0.4, 0.5) is 0 Å². The van der Waals surface area contributed by atoms with Gasteiger partial charge in [0.25, 0.3) is 0 Å². The zero-order valence-corrected chi connectivity index (χ0v) is 48.1. The first kappa shape index (κ1) is 59.4. The molecule has 0 aliphatic carbocycles. The maximum absolute atomic E-state index is 6.76. The monoisotopic (exact) mass is 969 g/mol. The molecule has 0 aliphatic rings. The Balaban J connectivity index is 0.0000192. The Bertz CT molecular complexity index is 1270. The first-order valence-electron chi connectivity index (χ1n) is 25.7. The Morgan fingerprint density at radius 1 is 0.371 bits per heavy atom. The van der Waals surface area contributed by atoms with E-state index in [-0.39, 0.29) is 32.7 Å². The number of rotatable bonds is 36. The first-order chi connectivity index (χ1) is 29.1. The van der Waals surface area contributed by atoms with Gasteiger partial charge in [0, 0.05) is 45.9 Å². The third kappa shape index (κ3) is 20.5. The van der Waals surface area contributed by atoms with Crippen molar-refractivity contribution in [2.45, 2.75) is 246 Å². The maximum atomic E-state index is 6.76. The molecule has 0 spiro atoms. The molecule has 0 saturated heterocycles. The standard InChI is InChI=1S/C55H99O4Si2.Y/c1-44(2)60(45(3)4,46(5)6)58-39-31-27-23-19-15-17-21-25-29-37-56-54-41-50(13)33-35-52(54)43-53-36-34-51(14)42-55(53)57-38-30-26-22-18-16-20-24-28-32-40-59-61(47(7)8,48(9)10)49(11)12;/h33-36,41-49H,15-32,37-40H2,1-14H3;/q-1;. The van der Waals surface area contributed by atoms with Gasteiger partial charge in [-0.2, -0.15) is 0 Å². The van der Waals surface area contributed by atoms with Gasteiger partial charge in [-0.1, -0.05) is 219 Å². The number of benzene rings is 2. The van der Waals surface area contributed by atoms with Crippen molar-refractivity contribution < 1.29 is 51.0 Å². The van der Waals surface area contributed by atoms with Crippen LogP contribution >= 0.6 is 0 Å². The van der Waals surface area contributed by atoms with Gasteiger partial charge in [0.2, 0.25) is 0 Å². The second-order valence-corrected chi connectivity index (χ2v) is 31.5. The molecule has 0 N–H and O–H groups in total. The summed E-state index contributed by atoms with van der Waals surface area (Å²) in [5.74, 6) is 1.96. The molecule has 2 rings (SSSR count). The first-order valence-corrected chi connectivity index (χ1v) is 30.0. The minimum Gasteiger partial charge on any atom is -0.528 e. The van der Waals surface area contributed by atoms with E-state index in [0.29, 0.717) is 33.2 Å². The molecule has 0 aliphatic heterocycles. The van der Waals surface area contributed by atoms with Crippen molar-refractivity contribution in [1.82, 2.24) is 0 Å². The van der Waals surface area contributed by atoms with Crippen molar-refractivity contribution in [3.05, 3.63) is 65.1 Å². The van der Waals surface area contributed by atoms with E-state index in [1.54, 1.807) is 0 Å². The fourth-order valence-electron chi connectivity index (χ4n) is 10.7. The van der Waals surface area contributed by atoms with Gasteiger partial charge in [-0.3, -0.25) is 0 Å². The molecular weight excluding hydrogens is 870 g/mol. The number of ether oxygens (including phenoxy) is 2. The van der Waals surface area contributed by atoms with E-state index in [1.165, 1.54) is 114 Å².